The molecule has 2 heterocycles. The van der Waals surface area contributed by atoms with Crippen LogP contribution in [0.25, 0.3) is 33.5 Å². The van der Waals surface area contributed by atoms with Gasteiger partial charge in [0.05, 0.1) is 17.0 Å². The van der Waals surface area contributed by atoms with Gasteiger partial charge in [-0.2, -0.15) is 0 Å². The minimum Gasteiger partial charge on any atom is -0.422 e. The van der Waals surface area contributed by atoms with Gasteiger partial charge in [0.1, 0.15) is 5.58 Å². The minimum atomic E-state index is -0.374. The van der Waals surface area contributed by atoms with Gasteiger partial charge in [-0.05, 0) is 24.3 Å². The lowest BCUT2D eigenvalue weighted by Gasteiger charge is -2.05. The summed E-state index contributed by atoms with van der Waals surface area (Å²) >= 11 is 0. The van der Waals surface area contributed by atoms with Crippen LogP contribution in [0.2, 0.25) is 0 Å². The maximum absolute atomic E-state index is 12.3. The fraction of sp³-hybridized carbons (Fsp3) is 0. The first-order valence-electron chi connectivity index (χ1n) is 7.37. The fourth-order valence-corrected chi connectivity index (χ4v) is 2.59. The summed E-state index contributed by atoms with van der Waals surface area (Å²) in [7, 11) is 0. The van der Waals surface area contributed by atoms with Crippen molar-refractivity contribution in [1.82, 2.24) is 4.98 Å². The van der Waals surface area contributed by atoms with Crippen LogP contribution in [0.4, 0.5) is 0 Å². The smallest absolute Gasteiger partial charge is 0.345 e. The molecule has 3 heteroatoms. The second-order valence-corrected chi connectivity index (χ2v) is 5.26. The van der Waals surface area contributed by atoms with Gasteiger partial charge in [0, 0.05) is 10.9 Å². The lowest BCUT2D eigenvalue weighted by atomic mass is 10.1. The fourth-order valence-electron chi connectivity index (χ4n) is 2.59. The van der Waals surface area contributed by atoms with Crippen LogP contribution in [-0.2, 0) is 0 Å². The van der Waals surface area contributed by atoms with Crippen LogP contribution in [0, 0.1) is 0 Å². The topological polar surface area (TPSA) is 43.1 Å². The van der Waals surface area contributed by atoms with Crippen LogP contribution in [0.15, 0.2) is 88.1 Å². The Morgan fingerprint density at radius 3 is 2.35 bits per heavy atom. The van der Waals surface area contributed by atoms with Gasteiger partial charge in [-0.25, -0.2) is 9.78 Å². The third-order valence-corrected chi connectivity index (χ3v) is 3.74. The Morgan fingerprint density at radius 1 is 0.739 bits per heavy atom. The van der Waals surface area contributed by atoms with Gasteiger partial charge in [-0.1, -0.05) is 54.6 Å². The lowest BCUT2D eigenvalue weighted by molar-refractivity contribution is 0.563. The Kier molecular flexibility index (Phi) is 3.24. The number of hydrogen-bond acceptors (Lipinski definition) is 3. The van der Waals surface area contributed by atoms with Crippen molar-refractivity contribution in [3.05, 3.63) is 89.3 Å². The van der Waals surface area contributed by atoms with Crippen LogP contribution in [0.1, 0.15) is 0 Å². The molecule has 2 aromatic heterocycles. The first-order valence-corrected chi connectivity index (χ1v) is 7.37. The van der Waals surface area contributed by atoms with Crippen molar-refractivity contribution in [2.45, 2.75) is 0 Å². The molecule has 0 fully saturated rings. The van der Waals surface area contributed by atoms with Crippen molar-refractivity contribution in [2.24, 2.45) is 0 Å². The standard InChI is InChI=1S/C20H13NO2/c22-20-16(13-15-9-4-5-12-19(15)23-20)18-11-6-10-17(21-18)14-7-2-1-3-8-14/h1-13H. The summed E-state index contributed by atoms with van der Waals surface area (Å²) in [6.45, 7) is 0. The van der Waals surface area contributed by atoms with E-state index in [0.29, 0.717) is 16.8 Å². The van der Waals surface area contributed by atoms with E-state index in [9.17, 15) is 4.79 Å². The van der Waals surface area contributed by atoms with Crippen LogP contribution in [-0.4, -0.2) is 4.98 Å². The molecule has 0 aliphatic carbocycles. The molecule has 0 bridgehead atoms. The Morgan fingerprint density at radius 2 is 1.48 bits per heavy atom. The quantitative estimate of drug-likeness (QED) is 0.511. The second-order valence-electron chi connectivity index (χ2n) is 5.26. The molecule has 23 heavy (non-hydrogen) atoms. The molecule has 4 rings (SSSR count). The van der Waals surface area contributed by atoms with E-state index < -0.39 is 0 Å². The summed E-state index contributed by atoms with van der Waals surface area (Å²) in [5.74, 6) is 0. The van der Waals surface area contributed by atoms with Crippen molar-refractivity contribution >= 4 is 11.0 Å². The first kappa shape index (κ1) is 13.5. The molecule has 2 aromatic carbocycles. The third-order valence-electron chi connectivity index (χ3n) is 3.74. The molecule has 0 saturated heterocycles. The molecule has 0 radical (unpaired) electrons. The molecule has 0 saturated carbocycles. The minimum absolute atomic E-state index is 0.374. The van der Waals surface area contributed by atoms with Crippen molar-refractivity contribution in [3.8, 4) is 22.5 Å². The molecule has 4 aromatic rings. The van der Waals surface area contributed by atoms with Gasteiger partial charge in [-0.15, -0.1) is 0 Å². The third kappa shape index (κ3) is 2.53. The van der Waals surface area contributed by atoms with Crippen molar-refractivity contribution < 1.29 is 4.42 Å². The Labute approximate surface area is 132 Å². The van der Waals surface area contributed by atoms with E-state index in [1.54, 1.807) is 6.07 Å². The Hall–Kier alpha value is -3.20. The van der Waals surface area contributed by atoms with Crippen molar-refractivity contribution in [1.29, 1.82) is 0 Å². The summed E-state index contributed by atoms with van der Waals surface area (Å²) in [5.41, 5.74) is 3.14. The average molecular weight is 299 g/mol. The van der Waals surface area contributed by atoms with E-state index in [0.717, 1.165) is 16.6 Å². The van der Waals surface area contributed by atoms with Crippen LogP contribution < -0.4 is 5.63 Å². The number of para-hydroxylation sites is 1. The van der Waals surface area contributed by atoms with Crippen LogP contribution in [0.5, 0.6) is 0 Å². The van der Waals surface area contributed by atoms with Gasteiger partial charge in [0.2, 0.25) is 0 Å². The zero-order valence-electron chi connectivity index (χ0n) is 12.3. The van der Waals surface area contributed by atoms with Crippen molar-refractivity contribution in [2.75, 3.05) is 0 Å². The number of pyridine rings is 1. The van der Waals surface area contributed by atoms with Crippen LogP contribution in [0.3, 0.4) is 0 Å². The summed E-state index contributed by atoms with van der Waals surface area (Å²) in [6, 6.07) is 24.8. The highest BCUT2D eigenvalue weighted by atomic mass is 16.4. The maximum atomic E-state index is 12.3. The molecular weight excluding hydrogens is 286 g/mol. The van der Waals surface area contributed by atoms with E-state index in [1.807, 2.05) is 72.8 Å². The highest BCUT2D eigenvalue weighted by Crippen LogP contribution is 2.23. The summed E-state index contributed by atoms with van der Waals surface area (Å²) in [6.07, 6.45) is 0. The largest absolute Gasteiger partial charge is 0.422 e. The second kappa shape index (κ2) is 5.54. The molecular formula is C20H13NO2. The highest BCUT2D eigenvalue weighted by Gasteiger charge is 2.10. The Balaban J connectivity index is 1.88. The van der Waals surface area contributed by atoms with E-state index in [2.05, 4.69) is 4.98 Å². The molecule has 0 amide bonds. The molecule has 0 unspecified atom stereocenters. The molecule has 0 aliphatic rings. The van der Waals surface area contributed by atoms with Gasteiger partial charge in [0.15, 0.2) is 0 Å². The zero-order chi connectivity index (χ0) is 15.6. The summed E-state index contributed by atoms with van der Waals surface area (Å²) < 4.78 is 5.40. The maximum Gasteiger partial charge on any atom is 0.345 e. The van der Waals surface area contributed by atoms with Gasteiger partial charge in [-0.3, -0.25) is 0 Å². The predicted octanol–water partition coefficient (Wildman–Crippen LogP) is 4.52. The van der Waals surface area contributed by atoms with Gasteiger partial charge in [0.25, 0.3) is 0 Å². The lowest BCUT2D eigenvalue weighted by Crippen LogP contribution is -2.04. The molecule has 110 valence electrons. The van der Waals surface area contributed by atoms with E-state index >= 15 is 0 Å². The van der Waals surface area contributed by atoms with E-state index in [-0.39, 0.29) is 5.63 Å². The number of aromatic nitrogens is 1. The van der Waals surface area contributed by atoms with Gasteiger partial charge >= 0.3 is 5.63 Å². The van der Waals surface area contributed by atoms with Gasteiger partial charge < -0.3 is 4.42 Å². The molecule has 3 nitrogen and oxygen atoms in total. The number of nitrogens with zero attached hydrogens (tertiary/aromatic N) is 1. The number of rotatable bonds is 2. The molecule has 0 spiro atoms. The zero-order valence-corrected chi connectivity index (χ0v) is 12.3. The number of benzene rings is 2. The Bertz CT molecular complexity index is 1040. The normalized spacial score (nSPS) is 10.8. The number of hydrogen-bond donors (Lipinski definition) is 0. The molecule has 0 N–H and O–H groups in total. The van der Waals surface area contributed by atoms with Crippen LogP contribution >= 0.6 is 0 Å². The molecule has 0 aliphatic heterocycles. The monoisotopic (exact) mass is 299 g/mol. The highest BCUT2D eigenvalue weighted by molar-refractivity contribution is 5.81. The first-order chi connectivity index (χ1) is 11.3. The van der Waals surface area contributed by atoms with Crippen molar-refractivity contribution in [3.63, 3.8) is 0 Å². The number of fused-ring (bicyclic) bond motifs is 1. The average Bonchev–Trinajstić information content (AvgIpc) is 2.62. The van der Waals surface area contributed by atoms with E-state index in [1.165, 1.54) is 0 Å². The predicted molar refractivity (Wildman–Crippen MR) is 91.2 cm³/mol. The van der Waals surface area contributed by atoms with E-state index in [4.69, 9.17) is 4.42 Å². The molecule has 0 atom stereocenters. The summed E-state index contributed by atoms with van der Waals surface area (Å²) in [4.78, 5) is 16.9. The SMILES string of the molecule is O=c1oc2ccccc2cc1-c1cccc(-c2ccccc2)n1. The summed E-state index contributed by atoms with van der Waals surface area (Å²) in [5, 5.41) is 0.883.